The zero-order valence-electron chi connectivity index (χ0n) is 18.9. The number of guanidine groups is 1. The second kappa shape index (κ2) is 18.5. The van der Waals surface area contributed by atoms with E-state index in [9.17, 15) is 0 Å². The van der Waals surface area contributed by atoms with Gasteiger partial charge in [-0.3, -0.25) is 0 Å². The molecule has 0 bridgehead atoms. The predicted octanol–water partition coefficient (Wildman–Crippen LogP) is 3.27. The maximum atomic E-state index is 5.63. The summed E-state index contributed by atoms with van der Waals surface area (Å²) in [5.74, 6) is 2.18. The molecule has 0 fully saturated rings. The molecule has 0 saturated carbocycles. The van der Waals surface area contributed by atoms with E-state index in [2.05, 4.69) is 20.6 Å². The highest BCUT2D eigenvalue weighted by molar-refractivity contribution is 14.0. The van der Waals surface area contributed by atoms with Crippen LogP contribution in [0.15, 0.2) is 53.7 Å². The van der Waals surface area contributed by atoms with Gasteiger partial charge in [0, 0.05) is 39.1 Å². The van der Waals surface area contributed by atoms with E-state index in [1.54, 1.807) is 13.3 Å². The highest BCUT2D eigenvalue weighted by Gasteiger charge is 2.00. The Labute approximate surface area is 208 Å². The number of ether oxygens (including phenoxy) is 4. The Morgan fingerprint density at radius 3 is 2.47 bits per heavy atom. The van der Waals surface area contributed by atoms with Crippen molar-refractivity contribution in [2.45, 2.75) is 19.9 Å². The number of aliphatic imine (C=N–C) groups is 1. The fourth-order valence-corrected chi connectivity index (χ4v) is 2.55. The van der Waals surface area contributed by atoms with Gasteiger partial charge in [0.15, 0.2) is 5.96 Å². The maximum Gasteiger partial charge on any atom is 0.213 e. The molecular formula is C23H35IN4O4. The van der Waals surface area contributed by atoms with Crippen LogP contribution in [0.4, 0.5) is 0 Å². The first-order valence-corrected chi connectivity index (χ1v) is 10.7. The summed E-state index contributed by atoms with van der Waals surface area (Å²) in [6.07, 6.45) is 2.68. The summed E-state index contributed by atoms with van der Waals surface area (Å²) in [5, 5.41) is 6.55. The van der Waals surface area contributed by atoms with Gasteiger partial charge in [-0.1, -0.05) is 24.3 Å². The summed E-state index contributed by atoms with van der Waals surface area (Å²) in [5.41, 5.74) is 1.01. The van der Waals surface area contributed by atoms with Crippen molar-refractivity contribution in [2.24, 2.45) is 4.99 Å². The van der Waals surface area contributed by atoms with Gasteiger partial charge in [0.2, 0.25) is 5.88 Å². The number of nitrogens with zero attached hydrogens (tertiary/aromatic N) is 2. The fourth-order valence-electron chi connectivity index (χ4n) is 2.55. The summed E-state index contributed by atoms with van der Waals surface area (Å²) in [6, 6.07) is 13.5. The Balaban J connectivity index is 0.00000512. The van der Waals surface area contributed by atoms with Crippen molar-refractivity contribution < 1.29 is 18.9 Å². The van der Waals surface area contributed by atoms with Crippen LogP contribution in [0.5, 0.6) is 11.6 Å². The average Bonchev–Trinajstić information content (AvgIpc) is 2.81. The van der Waals surface area contributed by atoms with Gasteiger partial charge in [0.1, 0.15) is 19.0 Å². The van der Waals surface area contributed by atoms with Crippen molar-refractivity contribution >= 4 is 29.9 Å². The summed E-state index contributed by atoms with van der Waals surface area (Å²) in [6.45, 7) is 6.99. The van der Waals surface area contributed by atoms with Crippen molar-refractivity contribution in [2.75, 3.05) is 53.2 Å². The molecule has 2 N–H and O–H groups in total. The molecule has 1 aromatic carbocycles. The van der Waals surface area contributed by atoms with Crippen LogP contribution < -0.4 is 20.1 Å². The van der Waals surface area contributed by atoms with Crippen LogP contribution in [-0.2, 0) is 16.0 Å². The van der Waals surface area contributed by atoms with E-state index < -0.39 is 0 Å². The van der Waals surface area contributed by atoms with E-state index in [4.69, 9.17) is 18.9 Å². The first-order valence-electron chi connectivity index (χ1n) is 10.7. The lowest BCUT2D eigenvalue weighted by atomic mass is 10.3. The number of benzene rings is 1. The van der Waals surface area contributed by atoms with E-state index >= 15 is 0 Å². The fraction of sp³-hybridized carbons (Fsp3) is 0.478. The van der Waals surface area contributed by atoms with Crippen LogP contribution in [0, 0.1) is 0 Å². The SMILES string of the molecule is CCNC(=NCc1ccc(OCCOc2ccccc2)nc1)NCCCOCCOC.I. The Hall–Kier alpha value is -2.11. The second-order valence-electron chi connectivity index (χ2n) is 6.60. The zero-order chi connectivity index (χ0) is 22.0. The van der Waals surface area contributed by atoms with Crippen molar-refractivity contribution in [3.05, 3.63) is 54.2 Å². The molecule has 0 aliphatic heterocycles. The van der Waals surface area contributed by atoms with Crippen molar-refractivity contribution in [1.82, 2.24) is 15.6 Å². The molecule has 1 aromatic heterocycles. The van der Waals surface area contributed by atoms with Crippen molar-refractivity contribution in [1.29, 1.82) is 0 Å². The summed E-state index contributed by atoms with van der Waals surface area (Å²) in [7, 11) is 1.67. The van der Waals surface area contributed by atoms with Gasteiger partial charge >= 0.3 is 0 Å². The highest BCUT2D eigenvalue weighted by Crippen LogP contribution is 2.10. The van der Waals surface area contributed by atoms with E-state index in [1.807, 2.05) is 49.4 Å². The van der Waals surface area contributed by atoms with Crippen LogP contribution in [0.2, 0.25) is 0 Å². The van der Waals surface area contributed by atoms with E-state index in [-0.39, 0.29) is 24.0 Å². The third kappa shape index (κ3) is 12.7. The number of halogens is 1. The van der Waals surface area contributed by atoms with Crippen LogP contribution in [0.1, 0.15) is 18.9 Å². The predicted molar refractivity (Wildman–Crippen MR) is 137 cm³/mol. The quantitative estimate of drug-likeness (QED) is 0.150. The lowest BCUT2D eigenvalue weighted by Gasteiger charge is -2.11. The largest absolute Gasteiger partial charge is 0.490 e. The van der Waals surface area contributed by atoms with Crippen LogP contribution in [0.3, 0.4) is 0 Å². The Morgan fingerprint density at radius 2 is 1.75 bits per heavy atom. The molecule has 0 unspecified atom stereocenters. The zero-order valence-corrected chi connectivity index (χ0v) is 21.2. The van der Waals surface area contributed by atoms with Crippen molar-refractivity contribution in [3.63, 3.8) is 0 Å². The Kier molecular flexibility index (Phi) is 16.1. The standard InChI is InChI=1S/C23H34N4O4.HI/c1-3-24-23(25-12-7-13-29-15-14-28-2)27-19-20-10-11-22(26-18-20)31-17-16-30-21-8-5-4-6-9-21;/h4-6,8-11,18H,3,7,12-17,19H2,1-2H3,(H2,24,25,27);1H. The minimum absolute atomic E-state index is 0. The summed E-state index contributed by atoms with van der Waals surface area (Å²) < 4.78 is 21.7. The van der Waals surface area contributed by atoms with Gasteiger partial charge in [-0.15, -0.1) is 24.0 Å². The lowest BCUT2D eigenvalue weighted by molar-refractivity contribution is 0.0698. The molecule has 8 nitrogen and oxygen atoms in total. The van der Waals surface area contributed by atoms with Gasteiger partial charge in [-0.2, -0.15) is 0 Å². The normalized spacial score (nSPS) is 10.9. The molecule has 0 amide bonds. The number of hydrogen-bond donors (Lipinski definition) is 2. The summed E-state index contributed by atoms with van der Waals surface area (Å²) in [4.78, 5) is 8.95. The number of pyridine rings is 1. The number of rotatable bonds is 15. The first kappa shape index (κ1) is 27.9. The van der Waals surface area contributed by atoms with E-state index in [0.717, 1.165) is 36.8 Å². The number of para-hydroxylation sites is 1. The number of hydrogen-bond acceptors (Lipinski definition) is 6. The molecule has 0 radical (unpaired) electrons. The molecule has 178 valence electrons. The molecule has 0 aliphatic rings. The smallest absolute Gasteiger partial charge is 0.213 e. The second-order valence-corrected chi connectivity index (χ2v) is 6.60. The molecule has 0 saturated heterocycles. The van der Waals surface area contributed by atoms with Crippen LogP contribution in [0.25, 0.3) is 0 Å². The third-order valence-corrected chi connectivity index (χ3v) is 4.10. The van der Waals surface area contributed by atoms with Gasteiger partial charge < -0.3 is 29.6 Å². The molecule has 0 atom stereocenters. The van der Waals surface area contributed by atoms with Crippen molar-refractivity contribution in [3.8, 4) is 11.6 Å². The molecular weight excluding hydrogens is 523 g/mol. The number of nitrogens with one attached hydrogen (secondary N) is 2. The molecule has 32 heavy (non-hydrogen) atoms. The number of aromatic nitrogens is 1. The summed E-state index contributed by atoms with van der Waals surface area (Å²) >= 11 is 0. The van der Waals surface area contributed by atoms with E-state index in [1.165, 1.54) is 0 Å². The Bertz CT molecular complexity index is 733. The monoisotopic (exact) mass is 558 g/mol. The van der Waals surface area contributed by atoms with Gasteiger partial charge in [0.05, 0.1) is 19.8 Å². The molecule has 0 spiro atoms. The highest BCUT2D eigenvalue weighted by atomic mass is 127. The topological polar surface area (TPSA) is 86.2 Å². The van der Waals surface area contributed by atoms with Crippen LogP contribution in [-0.4, -0.2) is 64.2 Å². The molecule has 0 aliphatic carbocycles. The molecule has 2 rings (SSSR count). The third-order valence-electron chi connectivity index (χ3n) is 4.10. The van der Waals surface area contributed by atoms with Gasteiger partial charge in [-0.25, -0.2) is 9.98 Å². The molecule has 1 heterocycles. The minimum atomic E-state index is 0. The number of methoxy groups -OCH3 is 1. The average molecular weight is 558 g/mol. The van der Waals surface area contributed by atoms with E-state index in [0.29, 0.717) is 45.5 Å². The van der Waals surface area contributed by atoms with Gasteiger partial charge in [-0.05, 0) is 31.0 Å². The maximum absolute atomic E-state index is 5.63. The molecule has 9 heteroatoms. The Morgan fingerprint density at radius 1 is 0.938 bits per heavy atom. The molecule has 2 aromatic rings. The lowest BCUT2D eigenvalue weighted by Crippen LogP contribution is -2.38. The first-order chi connectivity index (χ1) is 15.3. The minimum Gasteiger partial charge on any atom is -0.490 e. The van der Waals surface area contributed by atoms with Gasteiger partial charge in [0.25, 0.3) is 0 Å². The van der Waals surface area contributed by atoms with Crippen LogP contribution >= 0.6 is 24.0 Å².